The maximum atomic E-state index is 5.48. The highest BCUT2D eigenvalue weighted by Crippen LogP contribution is 2.19. The Kier molecular flexibility index (Phi) is 2.60. The normalized spacial score (nSPS) is 10.6. The minimum atomic E-state index is 0.522. The smallest absolute Gasteiger partial charge is 0.181 e. The topological polar surface area (TPSA) is 60.0 Å². The Labute approximate surface area is 81.1 Å². The second-order valence-electron chi connectivity index (χ2n) is 2.75. The summed E-state index contributed by atoms with van der Waals surface area (Å²) >= 11 is 0. The summed E-state index contributed by atoms with van der Waals surface area (Å²) in [5.41, 5.74) is 1.49. The summed E-state index contributed by atoms with van der Waals surface area (Å²) < 4.78 is 10.4. The lowest BCUT2D eigenvalue weighted by molar-refractivity contribution is 0.147. The van der Waals surface area contributed by atoms with E-state index in [2.05, 4.69) is 15.0 Å². The van der Waals surface area contributed by atoms with E-state index >= 15 is 0 Å². The number of hydrogen-bond donors (Lipinski definition) is 1. The third-order valence-electron chi connectivity index (χ3n) is 1.83. The number of aromatic nitrogens is 3. The summed E-state index contributed by atoms with van der Waals surface area (Å²) in [6, 6.07) is 1.80. The zero-order chi connectivity index (χ0) is 9.80. The van der Waals surface area contributed by atoms with Crippen LogP contribution < -0.4 is 4.74 Å². The molecule has 0 saturated heterocycles. The van der Waals surface area contributed by atoms with Gasteiger partial charge in [0.2, 0.25) is 0 Å². The minimum absolute atomic E-state index is 0.522. The predicted molar refractivity (Wildman–Crippen MR) is 51.3 cm³/mol. The molecule has 2 rings (SSSR count). The Hall–Kier alpha value is -1.62. The van der Waals surface area contributed by atoms with Crippen molar-refractivity contribution in [3.8, 4) is 5.75 Å². The molecule has 2 aromatic rings. The van der Waals surface area contributed by atoms with Crippen LogP contribution in [-0.4, -0.2) is 35.3 Å². The number of aromatic amines is 1. The van der Waals surface area contributed by atoms with Crippen molar-refractivity contribution in [2.24, 2.45) is 0 Å². The third kappa shape index (κ3) is 1.67. The molecule has 0 bridgehead atoms. The Morgan fingerprint density at radius 1 is 1.36 bits per heavy atom. The molecule has 0 amide bonds. The predicted octanol–water partition coefficient (Wildman–Crippen LogP) is 0.983. The van der Waals surface area contributed by atoms with Crippen molar-refractivity contribution in [2.45, 2.75) is 0 Å². The van der Waals surface area contributed by atoms with Gasteiger partial charge in [-0.05, 0) is 0 Å². The molecular formula is C9H11N3O2. The molecule has 0 aliphatic rings. The monoisotopic (exact) mass is 193 g/mol. The Balaban J connectivity index is 2.19. The molecule has 2 heterocycles. The fourth-order valence-corrected chi connectivity index (χ4v) is 1.18. The molecule has 0 aliphatic heterocycles. The molecule has 2 aromatic heterocycles. The van der Waals surface area contributed by atoms with Crippen molar-refractivity contribution in [3.05, 3.63) is 18.6 Å². The summed E-state index contributed by atoms with van der Waals surface area (Å²) in [4.78, 5) is 11.1. The number of H-pyrrole nitrogens is 1. The lowest BCUT2D eigenvalue weighted by atomic mass is 10.4. The summed E-state index contributed by atoms with van der Waals surface area (Å²) in [7, 11) is 1.64. The second-order valence-corrected chi connectivity index (χ2v) is 2.75. The molecule has 5 heteroatoms. The maximum absolute atomic E-state index is 5.48. The molecule has 1 N–H and O–H groups in total. The van der Waals surface area contributed by atoms with E-state index in [0.717, 1.165) is 11.3 Å². The number of fused-ring (bicyclic) bond motifs is 1. The van der Waals surface area contributed by atoms with Gasteiger partial charge in [-0.1, -0.05) is 0 Å². The van der Waals surface area contributed by atoms with Crippen LogP contribution in [-0.2, 0) is 4.74 Å². The molecule has 0 spiro atoms. The molecule has 14 heavy (non-hydrogen) atoms. The average molecular weight is 193 g/mol. The lowest BCUT2D eigenvalue weighted by Gasteiger charge is -2.04. The van der Waals surface area contributed by atoms with Crippen LogP contribution in [0.5, 0.6) is 5.75 Å². The molecule has 0 fully saturated rings. The van der Waals surface area contributed by atoms with E-state index in [4.69, 9.17) is 9.47 Å². The van der Waals surface area contributed by atoms with Crippen molar-refractivity contribution < 1.29 is 9.47 Å². The molecule has 74 valence electrons. The Morgan fingerprint density at radius 3 is 3.14 bits per heavy atom. The van der Waals surface area contributed by atoms with E-state index < -0.39 is 0 Å². The maximum Gasteiger partial charge on any atom is 0.181 e. The van der Waals surface area contributed by atoms with Crippen molar-refractivity contribution in [3.63, 3.8) is 0 Å². The SMILES string of the molecule is COCCOc1ccnc2nc[nH]c12. The molecule has 0 radical (unpaired) electrons. The fraction of sp³-hybridized carbons (Fsp3) is 0.333. The first-order chi connectivity index (χ1) is 6.92. The molecule has 0 aromatic carbocycles. The van der Waals surface area contributed by atoms with Crippen LogP contribution in [0, 0.1) is 0 Å². The van der Waals surface area contributed by atoms with Crippen molar-refractivity contribution in [2.75, 3.05) is 20.3 Å². The van der Waals surface area contributed by atoms with E-state index in [1.54, 1.807) is 25.7 Å². The van der Waals surface area contributed by atoms with Crippen LogP contribution in [0.25, 0.3) is 11.2 Å². The number of nitrogens with zero attached hydrogens (tertiary/aromatic N) is 2. The number of methoxy groups -OCH3 is 1. The highest BCUT2D eigenvalue weighted by Gasteiger charge is 2.03. The molecule has 0 unspecified atom stereocenters. The van der Waals surface area contributed by atoms with Crippen LogP contribution >= 0.6 is 0 Å². The Morgan fingerprint density at radius 2 is 2.29 bits per heavy atom. The quantitative estimate of drug-likeness (QED) is 0.735. The first-order valence-corrected chi connectivity index (χ1v) is 4.31. The van der Waals surface area contributed by atoms with Crippen molar-refractivity contribution in [1.29, 1.82) is 0 Å². The lowest BCUT2D eigenvalue weighted by Crippen LogP contribution is -2.04. The summed E-state index contributed by atoms with van der Waals surface area (Å²) in [6.45, 7) is 1.09. The number of hydrogen-bond acceptors (Lipinski definition) is 4. The highest BCUT2D eigenvalue weighted by molar-refractivity contribution is 5.76. The minimum Gasteiger partial charge on any atom is -0.489 e. The number of ether oxygens (including phenoxy) is 2. The second kappa shape index (κ2) is 4.06. The summed E-state index contributed by atoms with van der Waals surface area (Å²) in [5.74, 6) is 0.754. The standard InChI is InChI=1S/C9H11N3O2/c1-13-4-5-14-7-2-3-10-9-8(7)11-6-12-9/h2-3,6H,4-5H2,1H3,(H,10,11,12). The van der Waals surface area contributed by atoms with Gasteiger partial charge in [0.1, 0.15) is 17.9 Å². The number of rotatable bonds is 4. The van der Waals surface area contributed by atoms with E-state index in [9.17, 15) is 0 Å². The van der Waals surface area contributed by atoms with Gasteiger partial charge in [0, 0.05) is 19.4 Å². The van der Waals surface area contributed by atoms with Gasteiger partial charge < -0.3 is 14.5 Å². The molecule has 0 atom stereocenters. The number of imidazole rings is 1. The first-order valence-electron chi connectivity index (χ1n) is 4.31. The third-order valence-corrected chi connectivity index (χ3v) is 1.83. The van der Waals surface area contributed by atoms with Crippen LogP contribution in [0.15, 0.2) is 18.6 Å². The van der Waals surface area contributed by atoms with Gasteiger partial charge in [-0.3, -0.25) is 0 Å². The Bertz CT molecular complexity index is 413. The van der Waals surface area contributed by atoms with Gasteiger partial charge in [-0.2, -0.15) is 0 Å². The first kappa shape index (κ1) is 8.96. The molecular weight excluding hydrogens is 182 g/mol. The fourth-order valence-electron chi connectivity index (χ4n) is 1.18. The van der Waals surface area contributed by atoms with Gasteiger partial charge in [0.05, 0.1) is 12.9 Å². The zero-order valence-electron chi connectivity index (χ0n) is 7.86. The van der Waals surface area contributed by atoms with Crippen LogP contribution in [0.1, 0.15) is 0 Å². The van der Waals surface area contributed by atoms with E-state index in [-0.39, 0.29) is 0 Å². The molecule has 0 aliphatic carbocycles. The van der Waals surface area contributed by atoms with E-state index in [1.807, 2.05) is 0 Å². The summed E-state index contributed by atoms with van der Waals surface area (Å²) in [6.07, 6.45) is 3.27. The summed E-state index contributed by atoms with van der Waals surface area (Å²) in [5, 5.41) is 0. The number of pyridine rings is 1. The van der Waals surface area contributed by atoms with Crippen LogP contribution in [0.4, 0.5) is 0 Å². The van der Waals surface area contributed by atoms with E-state index in [0.29, 0.717) is 18.9 Å². The van der Waals surface area contributed by atoms with Gasteiger partial charge in [-0.15, -0.1) is 0 Å². The van der Waals surface area contributed by atoms with Gasteiger partial charge >= 0.3 is 0 Å². The number of nitrogens with one attached hydrogen (secondary N) is 1. The van der Waals surface area contributed by atoms with Crippen molar-refractivity contribution in [1.82, 2.24) is 15.0 Å². The van der Waals surface area contributed by atoms with E-state index in [1.165, 1.54) is 0 Å². The van der Waals surface area contributed by atoms with Crippen LogP contribution in [0.2, 0.25) is 0 Å². The highest BCUT2D eigenvalue weighted by atomic mass is 16.5. The average Bonchev–Trinajstić information content (AvgIpc) is 2.67. The molecule has 5 nitrogen and oxygen atoms in total. The van der Waals surface area contributed by atoms with Crippen LogP contribution in [0.3, 0.4) is 0 Å². The zero-order valence-corrected chi connectivity index (χ0v) is 7.86. The van der Waals surface area contributed by atoms with Gasteiger partial charge in [0.15, 0.2) is 5.65 Å². The largest absolute Gasteiger partial charge is 0.489 e. The van der Waals surface area contributed by atoms with Gasteiger partial charge in [-0.25, -0.2) is 9.97 Å². The van der Waals surface area contributed by atoms with Gasteiger partial charge in [0.25, 0.3) is 0 Å². The molecule has 0 saturated carbocycles. The van der Waals surface area contributed by atoms with Crippen molar-refractivity contribution >= 4 is 11.2 Å².